The summed E-state index contributed by atoms with van der Waals surface area (Å²) in [6.45, 7) is 4.26. The van der Waals surface area contributed by atoms with E-state index in [4.69, 9.17) is 0 Å². The SMILES string of the molecule is Cc1cccc(CN(C(=O)CCCN2C(=O)c3ccccc3C2=O)C(C)C(=O)NC2CCCCC2)c1. The van der Waals surface area contributed by atoms with Crippen LogP contribution in [0.25, 0.3) is 0 Å². The Hall–Kier alpha value is -3.48. The molecule has 4 rings (SSSR count). The van der Waals surface area contributed by atoms with Crippen molar-refractivity contribution in [1.82, 2.24) is 15.1 Å². The Labute approximate surface area is 212 Å². The zero-order valence-electron chi connectivity index (χ0n) is 21.2. The summed E-state index contributed by atoms with van der Waals surface area (Å²) >= 11 is 0. The topological polar surface area (TPSA) is 86.8 Å². The lowest BCUT2D eigenvalue weighted by atomic mass is 9.95. The van der Waals surface area contributed by atoms with Gasteiger partial charge in [-0.05, 0) is 50.8 Å². The standard InChI is InChI=1S/C29H35N3O4/c1-20-10-8-11-22(18-20)19-32(21(2)27(34)30-23-12-4-3-5-13-23)26(33)16-9-17-31-28(35)24-14-6-7-15-25(24)29(31)36/h6-8,10-11,14-15,18,21,23H,3-5,9,12-13,16-17,19H2,1-2H3,(H,30,34). The van der Waals surface area contributed by atoms with Gasteiger partial charge >= 0.3 is 0 Å². The molecule has 1 heterocycles. The van der Waals surface area contributed by atoms with E-state index in [0.717, 1.165) is 36.8 Å². The normalized spacial score (nSPS) is 16.6. The number of imide groups is 1. The average Bonchev–Trinajstić information content (AvgIpc) is 3.12. The van der Waals surface area contributed by atoms with Crippen molar-refractivity contribution in [3.8, 4) is 0 Å². The van der Waals surface area contributed by atoms with Crippen LogP contribution in [0.4, 0.5) is 0 Å². The maximum absolute atomic E-state index is 13.4. The van der Waals surface area contributed by atoms with Gasteiger partial charge in [-0.15, -0.1) is 0 Å². The van der Waals surface area contributed by atoms with E-state index in [1.807, 2.05) is 31.2 Å². The first-order valence-electron chi connectivity index (χ1n) is 13.0. The van der Waals surface area contributed by atoms with Gasteiger partial charge in [-0.3, -0.25) is 24.1 Å². The Morgan fingerprint density at radius 1 is 1.00 bits per heavy atom. The highest BCUT2D eigenvalue weighted by Crippen LogP contribution is 2.23. The van der Waals surface area contributed by atoms with Crippen LogP contribution in [0.15, 0.2) is 48.5 Å². The molecule has 7 heteroatoms. The third-order valence-electron chi connectivity index (χ3n) is 7.20. The highest BCUT2D eigenvalue weighted by Gasteiger charge is 2.35. The molecule has 190 valence electrons. The quantitative estimate of drug-likeness (QED) is 0.534. The summed E-state index contributed by atoms with van der Waals surface area (Å²) in [5.41, 5.74) is 2.86. The number of nitrogens with one attached hydrogen (secondary N) is 1. The van der Waals surface area contributed by atoms with Crippen LogP contribution in [-0.2, 0) is 16.1 Å². The van der Waals surface area contributed by atoms with Gasteiger partial charge < -0.3 is 10.2 Å². The molecule has 2 aliphatic rings. The fourth-order valence-electron chi connectivity index (χ4n) is 5.13. The molecule has 7 nitrogen and oxygen atoms in total. The van der Waals surface area contributed by atoms with Gasteiger partial charge in [0.2, 0.25) is 11.8 Å². The third-order valence-corrected chi connectivity index (χ3v) is 7.20. The zero-order chi connectivity index (χ0) is 25.7. The molecule has 1 atom stereocenters. The molecule has 36 heavy (non-hydrogen) atoms. The van der Waals surface area contributed by atoms with Gasteiger partial charge in [0.15, 0.2) is 0 Å². The summed E-state index contributed by atoms with van der Waals surface area (Å²) in [7, 11) is 0. The number of carbonyl (C=O) groups is 4. The first-order valence-corrected chi connectivity index (χ1v) is 13.0. The van der Waals surface area contributed by atoms with Crippen molar-refractivity contribution in [2.24, 2.45) is 0 Å². The molecule has 2 aromatic rings. The van der Waals surface area contributed by atoms with Gasteiger partial charge in [0, 0.05) is 25.6 Å². The van der Waals surface area contributed by atoms with Crippen LogP contribution in [0, 0.1) is 6.92 Å². The van der Waals surface area contributed by atoms with Crippen molar-refractivity contribution < 1.29 is 19.2 Å². The highest BCUT2D eigenvalue weighted by molar-refractivity contribution is 6.21. The zero-order valence-corrected chi connectivity index (χ0v) is 21.2. The maximum Gasteiger partial charge on any atom is 0.261 e. The number of amides is 4. The van der Waals surface area contributed by atoms with E-state index in [1.165, 1.54) is 11.3 Å². The Morgan fingerprint density at radius 2 is 1.67 bits per heavy atom. The summed E-state index contributed by atoms with van der Waals surface area (Å²) in [5, 5.41) is 3.14. The van der Waals surface area contributed by atoms with Crippen LogP contribution in [-0.4, -0.2) is 52.1 Å². The summed E-state index contributed by atoms with van der Waals surface area (Å²) in [5.74, 6) is -0.942. The van der Waals surface area contributed by atoms with Gasteiger partial charge in [0.05, 0.1) is 11.1 Å². The number of rotatable bonds is 9. The van der Waals surface area contributed by atoms with E-state index in [9.17, 15) is 19.2 Å². The number of nitrogens with zero attached hydrogens (tertiary/aromatic N) is 2. The van der Waals surface area contributed by atoms with Crippen LogP contribution >= 0.6 is 0 Å². The summed E-state index contributed by atoms with van der Waals surface area (Å²) < 4.78 is 0. The highest BCUT2D eigenvalue weighted by atomic mass is 16.2. The van der Waals surface area contributed by atoms with E-state index < -0.39 is 6.04 Å². The predicted octanol–water partition coefficient (Wildman–Crippen LogP) is 4.24. The van der Waals surface area contributed by atoms with Crippen molar-refractivity contribution in [3.63, 3.8) is 0 Å². The molecule has 0 bridgehead atoms. The maximum atomic E-state index is 13.4. The molecule has 1 aliphatic carbocycles. The Kier molecular flexibility index (Phi) is 8.18. The molecule has 2 aromatic carbocycles. The molecule has 0 spiro atoms. The number of hydrogen-bond donors (Lipinski definition) is 1. The smallest absolute Gasteiger partial charge is 0.261 e. The minimum absolute atomic E-state index is 0.136. The molecule has 0 aromatic heterocycles. The first kappa shape index (κ1) is 25.6. The second kappa shape index (κ2) is 11.5. The summed E-state index contributed by atoms with van der Waals surface area (Å²) in [6.07, 6.45) is 5.86. The molecule has 1 unspecified atom stereocenters. The Balaban J connectivity index is 1.41. The molecule has 1 N–H and O–H groups in total. The second-order valence-corrected chi connectivity index (χ2v) is 9.94. The number of benzene rings is 2. The lowest BCUT2D eigenvalue weighted by Crippen LogP contribution is -2.50. The van der Waals surface area contributed by atoms with E-state index >= 15 is 0 Å². The number of carbonyl (C=O) groups excluding carboxylic acids is 4. The van der Waals surface area contributed by atoms with Crippen molar-refractivity contribution in [2.75, 3.05) is 6.54 Å². The molecule has 1 saturated carbocycles. The van der Waals surface area contributed by atoms with Crippen molar-refractivity contribution in [1.29, 1.82) is 0 Å². The summed E-state index contributed by atoms with van der Waals surface area (Å²) in [4.78, 5) is 54.6. The van der Waals surface area contributed by atoms with Gasteiger partial charge in [0.25, 0.3) is 11.8 Å². The minimum atomic E-state index is -0.626. The fourth-order valence-corrected chi connectivity index (χ4v) is 5.13. The largest absolute Gasteiger partial charge is 0.352 e. The predicted molar refractivity (Wildman–Crippen MR) is 137 cm³/mol. The van der Waals surface area contributed by atoms with Gasteiger partial charge in [-0.2, -0.15) is 0 Å². The van der Waals surface area contributed by atoms with E-state index in [1.54, 1.807) is 36.1 Å². The summed E-state index contributed by atoms with van der Waals surface area (Å²) in [6, 6.07) is 14.2. The van der Waals surface area contributed by atoms with Crippen molar-refractivity contribution in [3.05, 3.63) is 70.8 Å². The van der Waals surface area contributed by atoms with Gasteiger partial charge in [-0.1, -0.05) is 61.2 Å². The van der Waals surface area contributed by atoms with Crippen molar-refractivity contribution in [2.45, 2.75) is 77.4 Å². The Bertz CT molecular complexity index is 1100. The third kappa shape index (κ3) is 5.83. The second-order valence-electron chi connectivity index (χ2n) is 9.94. The molecule has 1 aliphatic heterocycles. The van der Waals surface area contributed by atoms with Crippen molar-refractivity contribution >= 4 is 23.6 Å². The lowest BCUT2D eigenvalue weighted by Gasteiger charge is -2.31. The van der Waals surface area contributed by atoms with E-state index in [0.29, 0.717) is 24.1 Å². The molecular weight excluding hydrogens is 454 g/mol. The van der Waals surface area contributed by atoms with Crippen LogP contribution in [0.5, 0.6) is 0 Å². The minimum Gasteiger partial charge on any atom is -0.352 e. The molecule has 0 saturated heterocycles. The number of hydrogen-bond acceptors (Lipinski definition) is 4. The average molecular weight is 490 g/mol. The number of aryl methyl sites for hydroxylation is 1. The molecule has 0 radical (unpaired) electrons. The molecular formula is C29H35N3O4. The van der Waals surface area contributed by atoms with Gasteiger partial charge in [-0.25, -0.2) is 0 Å². The number of fused-ring (bicyclic) bond motifs is 1. The molecule has 4 amide bonds. The lowest BCUT2D eigenvalue weighted by molar-refractivity contribution is -0.141. The Morgan fingerprint density at radius 3 is 2.31 bits per heavy atom. The fraction of sp³-hybridized carbons (Fsp3) is 0.448. The van der Waals surface area contributed by atoms with E-state index in [2.05, 4.69) is 5.32 Å². The van der Waals surface area contributed by atoms with Crippen LogP contribution in [0.1, 0.15) is 83.7 Å². The van der Waals surface area contributed by atoms with Crippen LogP contribution in [0.3, 0.4) is 0 Å². The van der Waals surface area contributed by atoms with E-state index in [-0.39, 0.29) is 42.6 Å². The van der Waals surface area contributed by atoms with Gasteiger partial charge in [0.1, 0.15) is 6.04 Å². The van der Waals surface area contributed by atoms with Crippen LogP contribution < -0.4 is 5.32 Å². The molecule has 1 fully saturated rings. The first-order chi connectivity index (χ1) is 17.3. The monoisotopic (exact) mass is 489 g/mol. The van der Waals surface area contributed by atoms with Crippen LogP contribution in [0.2, 0.25) is 0 Å².